The summed E-state index contributed by atoms with van der Waals surface area (Å²) in [4.78, 5) is 26.4. The van der Waals surface area contributed by atoms with Crippen molar-refractivity contribution in [3.63, 3.8) is 0 Å². The molecule has 2 aliphatic rings. The summed E-state index contributed by atoms with van der Waals surface area (Å²) in [6, 6.07) is 6.05. The largest absolute Gasteiger partial charge is 0.510 e. The third-order valence-electron chi connectivity index (χ3n) is 7.71. The van der Waals surface area contributed by atoms with Gasteiger partial charge >= 0.3 is 20.1 Å². The van der Waals surface area contributed by atoms with Crippen LogP contribution in [0.1, 0.15) is 75.3 Å². The maximum Gasteiger partial charge on any atom is 0.510 e. The third kappa shape index (κ3) is 10.8. The van der Waals surface area contributed by atoms with E-state index in [1.165, 1.54) is 0 Å². The number of hydrogen-bond donors (Lipinski definition) is 0. The lowest BCUT2D eigenvalue weighted by Gasteiger charge is -2.22. The molecule has 2 fully saturated rings. The van der Waals surface area contributed by atoms with E-state index in [9.17, 15) is 14.2 Å². The van der Waals surface area contributed by atoms with Gasteiger partial charge in [-0.3, -0.25) is 4.52 Å². The van der Waals surface area contributed by atoms with E-state index in [1.54, 1.807) is 4.57 Å². The standard InChI is InChI=1S/C30H45N2O10P/c1-23-14-15-28-27(18-23)24(16-17-31(2)3)19-32(28)20-38-43(35,39-21-36-29(33)41-25-10-6-4-7-11-25)40-22-37-30(34)42-26-12-8-5-9-13-26/h14-15,18-19,25-26H,4-13,16-17,20-22H2,1-3H3. The van der Waals surface area contributed by atoms with Crippen LogP contribution in [0.3, 0.4) is 0 Å². The van der Waals surface area contributed by atoms with Gasteiger partial charge in [0.1, 0.15) is 18.9 Å². The lowest BCUT2D eigenvalue weighted by molar-refractivity contribution is -0.0560. The number of benzene rings is 1. The van der Waals surface area contributed by atoms with Crippen molar-refractivity contribution in [3.8, 4) is 0 Å². The molecule has 4 rings (SSSR count). The molecule has 0 spiro atoms. The van der Waals surface area contributed by atoms with E-state index >= 15 is 0 Å². The van der Waals surface area contributed by atoms with Gasteiger partial charge in [-0.25, -0.2) is 23.2 Å². The number of hydrogen-bond acceptors (Lipinski definition) is 11. The summed E-state index contributed by atoms with van der Waals surface area (Å²) in [5.41, 5.74) is 3.10. The highest BCUT2D eigenvalue weighted by Crippen LogP contribution is 2.50. The first-order chi connectivity index (χ1) is 20.7. The van der Waals surface area contributed by atoms with Crippen LogP contribution < -0.4 is 0 Å². The van der Waals surface area contributed by atoms with Crippen molar-refractivity contribution in [1.29, 1.82) is 0 Å². The Labute approximate surface area is 253 Å². The Kier molecular flexibility index (Phi) is 12.7. The maximum atomic E-state index is 13.6. The highest BCUT2D eigenvalue weighted by Gasteiger charge is 2.30. The zero-order valence-electron chi connectivity index (χ0n) is 25.5. The second-order valence-electron chi connectivity index (χ2n) is 11.4. The van der Waals surface area contributed by atoms with E-state index in [1.807, 2.05) is 39.3 Å². The molecule has 2 aromatic rings. The lowest BCUT2D eigenvalue weighted by atomic mass is 9.98. The first-order valence-electron chi connectivity index (χ1n) is 15.1. The van der Waals surface area contributed by atoms with Crippen LogP contribution in [0.2, 0.25) is 0 Å². The van der Waals surface area contributed by atoms with Gasteiger partial charge in [-0.15, -0.1) is 0 Å². The van der Waals surface area contributed by atoms with Crippen LogP contribution in [0.15, 0.2) is 24.4 Å². The van der Waals surface area contributed by atoms with Gasteiger partial charge in [0, 0.05) is 18.1 Å². The van der Waals surface area contributed by atoms with E-state index < -0.39 is 33.7 Å². The molecule has 2 saturated carbocycles. The number of phosphoric ester groups is 1. The van der Waals surface area contributed by atoms with Crippen LogP contribution in [0.4, 0.5) is 9.59 Å². The van der Waals surface area contributed by atoms with Crippen LogP contribution in [0, 0.1) is 6.92 Å². The number of fused-ring (bicyclic) bond motifs is 1. The molecule has 0 amide bonds. The molecule has 0 N–H and O–H groups in total. The summed E-state index contributed by atoms with van der Waals surface area (Å²) in [5.74, 6) is 0. The Bertz CT molecular complexity index is 1190. The number of carbonyl (C=O) groups is 2. The number of aromatic nitrogens is 1. The quantitative estimate of drug-likeness (QED) is 0.122. The van der Waals surface area contributed by atoms with Crippen molar-refractivity contribution in [2.24, 2.45) is 0 Å². The molecule has 0 atom stereocenters. The molecule has 2 aliphatic carbocycles. The van der Waals surface area contributed by atoms with Crippen molar-refractivity contribution in [2.45, 2.75) is 96.5 Å². The third-order valence-corrected chi connectivity index (χ3v) is 8.98. The molecule has 0 bridgehead atoms. The van der Waals surface area contributed by atoms with Crippen molar-refractivity contribution < 1.29 is 46.7 Å². The Morgan fingerprint density at radius 1 is 0.860 bits per heavy atom. The van der Waals surface area contributed by atoms with Crippen molar-refractivity contribution in [3.05, 3.63) is 35.5 Å². The number of phosphoric acid groups is 1. The van der Waals surface area contributed by atoms with Crippen molar-refractivity contribution in [2.75, 3.05) is 34.2 Å². The highest BCUT2D eigenvalue weighted by atomic mass is 31.2. The number of nitrogens with zero attached hydrogens (tertiary/aromatic N) is 2. The van der Waals surface area contributed by atoms with Gasteiger partial charge in [-0.2, -0.15) is 0 Å². The summed E-state index contributed by atoms with van der Waals surface area (Å²) < 4.78 is 52.3. The molecule has 43 heavy (non-hydrogen) atoms. The van der Waals surface area contributed by atoms with E-state index in [0.717, 1.165) is 99.2 Å². The van der Waals surface area contributed by atoms with Crippen molar-refractivity contribution >= 4 is 31.0 Å². The molecular weight excluding hydrogens is 579 g/mol. The van der Waals surface area contributed by atoms with Gasteiger partial charge in [-0.1, -0.05) is 24.5 Å². The lowest BCUT2D eigenvalue weighted by Crippen LogP contribution is -2.22. The second kappa shape index (κ2) is 16.4. The van der Waals surface area contributed by atoms with Gasteiger partial charge in [0.15, 0.2) is 0 Å². The molecule has 240 valence electrons. The van der Waals surface area contributed by atoms with Crippen LogP contribution >= 0.6 is 7.82 Å². The van der Waals surface area contributed by atoms with E-state index in [2.05, 4.69) is 11.0 Å². The average Bonchev–Trinajstić information content (AvgIpc) is 3.32. The summed E-state index contributed by atoms with van der Waals surface area (Å²) in [7, 11) is -0.362. The van der Waals surface area contributed by atoms with Gasteiger partial charge in [-0.05, 0) is 96.5 Å². The molecule has 12 nitrogen and oxygen atoms in total. The molecule has 1 aromatic carbocycles. The first kappa shape index (κ1) is 33.3. The zero-order chi connectivity index (χ0) is 30.7. The van der Waals surface area contributed by atoms with Crippen LogP contribution in [0.5, 0.6) is 0 Å². The number of ether oxygens (including phenoxy) is 4. The maximum absolute atomic E-state index is 13.6. The summed E-state index contributed by atoms with van der Waals surface area (Å²) in [6.45, 7) is 1.20. The average molecular weight is 625 g/mol. The minimum absolute atomic E-state index is 0.197. The fraction of sp³-hybridized carbons (Fsp3) is 0.667. The Hall–Kier alpha value is -2.63. The minimum atomic E-state index is -4.39. The molecular formula is C30H45N2O10P. The molecule has 0 unspecified atom stereocenters. The minimum Gasteiger partial charge on any atom is -0.431 e. The Balaban J connectivity index is 1.38. The van der Waals surface area contributed by atoms with Crippen LogP contribution in [-0.2, 0) is 50.2 Å². The highest BCUT2D eigenvalue weighted by molar-refractivity contribution is 7.48. The molecule has 0 aliphatic heterocycles. The van der Waals surface area contributed by atoms with E-state index in [-0.39, 0.29) is 18.9 Å². The zero-order valence-corrected chi connectivity index (χ0v) is 26.4. The molecule has 0 saturated heterocycles. The SMILES string of the molecule is Cc1ccc2c(c1)c(CCN(C)C)cn2COP(=O)(OCOC(=O)OC1CCCCC1)OCOC(=O)OC1CCCCC1. The van der Waals surface area contributed by atoms with Crippen LogP contribution in [-0.4, -0.2) is 68.2 Å². The van der Waals surface area contributed by atoms with Gasteiger partial charge in [0.2, 0.25) is 13.6 Å². The number of carbonyl (C=O) groups excluding carboxylic acids is 2. The number of aryl methyl sites for hydroxylation is 1. The summed E-state index contributed by atoms with van der Waals surface area (Å²) in [5, 5.41) is 1.06. The van der Waals surface area contributed by atoms with Crippen molar-refractivity contribution in [1.82, 2.24) is 9.47 Å². The normalized spacial score (nSPS) is 16.8. The molecule has 1 aromatic heterocycles. The summed E-state index contributed by atoms with van der Waals surface area (Å²) in [6.07, 6.45) is 9.72. The van der Waals surface area contributed by atoms with Gasteiger partial charge in [0.25, 0.3) is 0 Å². The predicted molar refractivity (Wildman–Crippen MR) is 158 cm³/mol. The van der Waals surface area contributed by atoms with Crippen LogP contribution in [0.25, 0.3) is 10.9 Å². The predicted octanol–water partition coefficient (Wildman–Crippen LogP) is 7.06. The monoisotopic (exact) mass is 624 g/mol. The Morgan fingerprint density at radius 3 is 1.95 bits per heavy atom. The van der Waals surface area contributed by atoms with Gasteiger partial charge < -0.3 is 28.4 Å². The van der Waals surface area contributed by atoms with E-state index in [4.69, 9.17) is 32.5 Å². The molecule has 1 heterocycles. The topological polar surface area (TPSA) is 124 Å². The van der Waals surface area contributed by atoms with Gasteiger partial charge in [0.05, 0.1) is 5.52 Å². The summed E-state index contributed by atoms with van der Waals surface area (Å²) >= 11 is 0. The molecule has 13 heteroatoms. The van der Waals surface area contributed by atoms with E-state index in [0.29, 0.717) is 0 Å². The Morgan fingerprint density at radius 2 is 1.42 bits per heavy atom. The second-order valence-corrected chi connectivity index (χ2v) is 13.1. The number of rotatable bonds is 14. The smallest absolute Gasteiger partial charge is 0.431 e. The first-order valence-corrected chi connectivity index (χ1v) is 16.6. The number of likely N-dealkylation sites (N-methyl/N-ethyl adjacent to an activating group) is 1. The molecule has 0 radical (unpaired) electrons. The fourth-order valence-corrected chi connectivity index (χ4v) is 6.22. The fourth-order valence-electron chi connectivity index (χ4n) is 5.36.